The normalized spacial score (nSPS) is 14.7. The van der Waals surface area contributed by atoms with E-state index >= 15 is 0 Å². The maximum Gasteiger partial charge on any atom is 0.338 e. The van der Waals surface area contributed by atoms with Crippen molar-refractivity contribution in [1.82, 2.24) is 4.57 Å². The Balaban J connectivity index is 1.68. The Labute approximate surface area is 263 Å². The molecule has 0 aliphatic carbocycles. The highest BCUT2D eigenvalue weighted by atomic mass is 35.5. The third-order valence-corrected chi connectivity index (χ3v) is 8.51. The largest absolute Gasteiger partial charge is 0.496 e. The third kappa shape index (κ3) is 6.42. The van der Waals surface area contributed by atoms with Crippen LogP contribution in [0.5, 0.6) is 11.5 Å². The molecule has 1 aliphatic rings. The quantitative estimate of drug-likeness (QED) is 0.186. The van der Waals surface area contributed by atoms with Crippen molar-refractivity contribution in [3.63, 3.8) is 0 Å². The van der Waals surface area contributed by atoms with Crippen molar-refractivity contribution < 1.29 is 19.0 Å². The first-order valence-corrected chi connectivity index (χ1v) is 15.4. The van der Waals surface area contributed by atoms with E-state index in [1.165, 1.54) is 11.3 Å². The predicted octanol–water partition coefficient (Wildman–Crippen LogP) is 6.47. The summed E-state index contributed by atoms with van der Waals surface area (Å²) in [4.78, 5) is 32.9. The van der Waals surface area contributed by atoms with Gasteiger partial charge in [-0.25, -0.2) is 9.79 Å². The molecule has 0 spiro atoms. The topological polar surface area (TPSA) is 79.1 Å². The molecule has 43 heavy (non-hydrogen) atoms. The Morgan fingerprint density at radius 1 is 1.05 bits per heavy atom. The van der Waals surface area contributed by atoms with Crippen molar-refractivity contribution in [2.45, 2.75) is 39.3 Å². The number of halogens is 2. The number of hydrogen-bond donors (Lipinski definition) is 0. The second-order valence-electron chi connectivity index (χ2n) is 9.72. The molecule has 3 aromatic carbocycles. The van der Waals surface area contributed by atoms with Gasteiger partial charge in [0.15, 0.2) is 4.80 Å². The fraction of sp³-hybridized carbons (Fsp3) is 0.242. The van der Waals surface area contributed by atoms with Gasteiger partial charge in [0.25, 0.3) is 5.56 Å². The number of ether oxygens (including phenoxy) is 3. The van der Waals surface area contributed by atoms with Gasteiger partial charge in [-0.15, -0.1) is 0 Å². The number of fused-ring (bicyclic) bond motifs is 1. The van der Waals surface area contributed by atoms with E-state index in [2.05, 4.69) is 0 Å². The molecule has 10 heteroatoms. The van der Waals surface area contributed by atoms with Gasteiger partial charge in [0.1, 0.15) is 24.1 Å². The number of hydrogen-bond acceptors (Lipinski definition) is 7. The van der Waals surface area contributed by atoms with E-state index in [1.807, 2.05) is 49.4 Å². The number of carbonyl (C=O) groups is 1. The summed E-state index contributed by atoms with van der Waals surface area (Å²) in [5.74, 6) is 0.576. The van der Waals surface area contributed by atoms with Crippen molar-refractivity contribution in [2.24, 2.45) is 4.99 Å². The molecule has 7 nitrogen and oxygen atoms in total. The molecule has 0 saturated carbocycles. The zero-order chi connectivity index (χ0) is 30.5. The standard InChI is InChI=1S/C33H30Cl2N2O5S/c1-4-10-25-29(32(39)41-5-2)30(23-12-7-9-14-27(23)40-3)37-31(38)28(43-33(37)36-25)18-21-17-22(34)15-16-26(21)42-19-20-11-6-8-13-24(20)35/h6-9,11-18,30H,4-5,10,19H2,1-3H3/t30-/m1/s1. The van der Waals surface area contributed by atoms with Gasteiger partial charge in [0.05, 0.1) is 29.5 Å². The molecule has 0 radical (unpaired) electrons. The molecular formula is C33H30Cl2N2O5S. The lowest BCUT2D eigenvalue weighted by molar-refractivity contribution is -0.139. The summed E-state index contributed by atoms with van der Waals surface area (Å²) in [6, 6.07) is 19.2. The van der Waals surface area contributed by atoms with Crippen molar-refractivity contribution in [3.05, 3.63) is 124 Å². The summed E-state index contributed by atoms with van der Waals surface area (Å²) in [5.41, 5.74) is 2.73. The highest BCUT2D eigenvalue weighted by molar-refractivity contribution is 7.07. The van der Waals surface area contributed by atoms with Crippen LogP contribution in [0.2, 0.25) is 10.0 Å². The summed E-state index contributed by atoms with van der Waals surface area (Å²) < 4.78 is 19.2. The highest BCUT2D eigenvalue weighted by Gasteiger charge is 2.35. The molecule has 0 amide bonds. The number of para-hydroxylation sites is 1. The molecular weight excluding hydrogens is 607 g/mol. The molecule has 0 saturated heterocycles. The third-order valence-electron chi connectivity index (χ3n) is 6.93. The van der Waals surface area contributed by atoms with E-state index in [-0.39, 0.29) is 18.8 Å². The molecule has 0 N–H and O–H groups in total. The molecule has 0 bridgehead atoms. The molecule has 5 rings (SSSR count). The number of nitrogens with zero attached hydrogens (tertiary/aromatic N) is 2. The first-order valence-electron chi connectivity index (χ1n) is 13.9. The van der Waals surface area contributed by atoms with Crippen LogP contribution in [0.1, 0.15) is 49.4 Å². The SMILES string of the molecule is CCCC1=C(C(=O)OCC)[C@@H](c2ccccc2OC)n2c(sc(=Cc3cc(Cl)ccc3OCc3ccccc3Cl)c2=O)=N1. The van der Waals surface area contributed by atoms with Crippen LogP contribution in [0.25, 0.3) is 6.08 Å². The van der Waals surface area contributed by atoms with Gasteiger partial charge in [-0.05, 0) is 49.8 Å². The van der Waals surface area contributed by atoms with Gasteiger partial charge in [0, 0.05) is 26.7 Å². The number of carbonyl (C=O) groups excluding carboxylic acids is 1. The van der Waals surface area contributed by atoms with E-state index < -0.39 is 12.0 Å². The zero-order valence-corrected chi connectivity index (χ0v) is 26.3. The maximum atomic E-state index is 14.2. The highest BCUT2D eigenvalue weighted by Crippen LogP contribution is 2.37. The van der Waals surface area contributed by atoms with Crippen molar-refractivity contribution in [1.29, 1.82) is 0 Å². The predicted molar refractivity (Wildman–Crippen MR) is 170 cm³/mol. The zero-order valence-electron chi connectivity index (χ0n) is 23.9. The lowest BCUT2D eigenvalue weighted by Crippen LogP contribution is -2.40. The van der Waals surface area contributed by atoms with E-state index in [0.29, 0.717) is 59.7 Å². The Kier molecular flexibility index (Phi) is 9.70. The van der Waals surface area contributed by atoms with Crippen LogP contribution in [-0.4, -0.2) is 24.3 Å². The summed E-state index contributed by atoms with van der Waals surface area (Å²) in [5, 5.41) is 1.09. The molecule has 0 fully saturated rings. The average molecular weight is 638 g/mol. The van der Waals surface area contributed by atoms with Crippen LogP contribution in [0, 0.1) is 0 Å². The monoisotopic (exact) mass is 636 g/mol. The van der Waals surface area contributed by atoms with Crippen LogP contribution in [0.4, 0.5) is 0 Å². The Hall–Kier alpha value is -3.85. The molecule has 1 aliphatic heterocycles. The second kappa shape index (κ2) is 13.6. The van der Waals surface area contributed by atoms with Crippen LogP contribution >= 0.6 is 34.5 Å². The Bertz CT molecular complexity index is 1880. The summed E-state index contributed by atoms with van der Waals surface area (Å²) in [7, 11) is 1.56. The Morgan fingerprint density at radius 2 is 1.81 bits per heavy atom. The van der Waals surface area contributed by atoms with Crippen LogP contribution in [0.3, 0.4) is 0 Å². The lowest BCUT2D eigenvalue weighted by atomic mass is 9.93. The molecule has 1 aromatic heterocycles. The molecule has 0 unspecified atom stereocenters. The average Bonchev–Trinajstić information content (AvgIpc) is 3.31. The van der Waals surface area contributed by atoms with Crippen molar-refractivity contribution >= 4 is 46.6 Å². The van der Waals surface area contributed by atoms with Gasteiger partial charge < -0.3 is 14.2 Å². The van der Waals surface area contributed by atoms with Gasteiger partial charge in [-0.3, -0.25) is 9.36 Å². The number of rotatable bonds is 10. The number of esters is 1. The van der Waals surface area contributed by atoms with Crippen LogP contribution in [0.15, 0.2) is 87.8 Å². The van der Waals surface area contributed by atoms with E-state index in [0.717, 1.165) is 12.0 Å². The van der Waals surface area contributed by atoms with E-state index in [4.69, 9.17) is 42.4 Å². The lowest BCUT2D eigenvalue weighted by Gasteiger charge is -2.26. The van der Waals surface area contributed by atoms with Gasteiger partial charge >= 0.3 is 5.97 Å². The second-order valence-corrected chi connectivity index (χ2v) is 11.6. The van der Waals surface area contributed by atoms with Gasteiger partial charge in [-0.1, -0.05) is 84.3 Å². The fourth-order valence-electron chi connectivity index (χ4n) is 4.98. The van der Waals surface area contributed by atoms with Gasteiger partial charge in [-0.2, -0.15) is 0 Å². The molecule has 4 aromatic rings. The number of allylic oxidation sites excluding steroid dienone is 1. The van der Waals surface area contributed by atoms with Crippen molar-refractivity contribution in [2.75, 3.05) is 13.7 Å². The summed E-state index contributed by atoms with van der Waals surface area (Å²) in [6.07, 6.45) is 3.04. The number of methoxy groups -OCH3 is 1. The van der Waals surface area contributed by atoms with Crippen LogP contribution in [-0.2, 0) is 16.1 Å². The fourth-order valence-corrected chi connectivity index (χ4v) is 6.36. The summed E-state index contributed by atoms with van der Waals surface area (Å²) in [6.45, 7) is 4.20. The minimum atomic E-state index is -0.787. The van der Waals surface area contributed by atoms with Crippen LogP contribution < -0.4 is 24.4 Å². The summed E-state index contributed by atoms with van der Waals surface area (Å²) >= 11 is 13.9. The Morgan fingerprint density at radius 3 is 2.56 bits per heavy atom. The van der Waals surface area contributed by atoms with Gasteiger partial charge in [0.2, 0.25) is 0 Å². The smallest absolute Gasteiger partial charge is 0.338 e. The first kappa shape index (κ1) is 30.6. The number of benzene rings is 3. The molecule has 1 atom stereocenters. The molecule has 222 valence electrons. The van der Waals surface area contributed by atoms with E-state index in [1.54, 1.807) is 48.9 Å². The minimum absolute atomic E-state index is 0.191. The minimum Gasteiger partial charge on any atom is -0.496 e. The van der Waals surface area contributed by atoms with E-state index in [9.17, 15) is 9.59 Å². The maximum absolute atomic E-state index is 14.2. The molecule has 2 heterocycles. The number of aromatic nitrogens is 1. The first-order chi connectivity index (χ1) is 20.9. The number of thiazole rings is 1. The van der Waals surface area contributed by atoms with Crippen molar-refractivity contribution in [3.8, 4) is 11.5 Å².